The maximum absolute atomic E-state index is 12.6. The van der Waals surface area contributed by atoms with Crippen molar-refractivity contribution in [2.45, 2.75) is 23.8 Å². The van der Waals surface area contributed by atoms with Crippen LogP contribution in [0.15, 0.2) is 53.7 Å². The number of aromatic amines is 1. The number of nitrogens with zero attached hydrogens (tertiary/aromatic N) is 2. The highest BCUT2D eigenvalue weighted by molar-refractivity contribution is 7.90. The number of fused-ring (bicyclic) bond motifs is 1. The van der Waals surface area contributed by atoms with E-state index in [1.165, 1.54) is 0 Å². The fourth-order valence-corrected chi connectivity index (χ4v) is 4.48. The van der Waals surface area contributed by atoms with Gasteiger partial charge in [-0.05, 0) is 42.7 Å². The molecule has 4 rings (SSSR count). The third-order valence-electron chi connectivity index (χ3n) is 4.61. The van der Waals surface area contributed by atoms with E-state index < -0.39 is 9.84 Å². The molecule has 2 aromatic carbocycles. The number of H-pyrrole nitrogens is 1. The highest BCUT2D eigenvalue weighted by Crippen LogP contribution is 2.19. The highest BCUT2D eigenvalue weighted by atomic mass is 32.2. The van der Waals surface area contributed by atoms with E-state index in [2.05, 4.69) is 9.97 Å². The molecule has 1 fully saturated rings. The number of nitrogens with one attached hydrogen (secondary N) is 1. The van der Waals surface area contributed by atoms with Crippen LogP contribution >= 0.6 is 0 Å². The van der Waals surface area contributed by atoms with Crippen LogP contribution in [0.1, 0.15) is 28.8 Å². The van der Waals surface area contributed by atoms with Crippen LogP contribution in [0.2, 0.25) is 0 Å². The second-order valence-electron chi connectivity index (χ2n) is 6.51. The van der Waals surface area contributed by atoms with E-state index in [1.807, 2.05) is 17.0 Å². The molecule has 0 spiro atoms. The first kappa shape index (κ1) is 16.8. The predicted octanol–water partition coefficient (Wildman–Crippen LogP) is 2.77. The maximum atomic E-state index is 12.6. The Balaban J connectivity index is 1.53. The molecule has 1 aromatic heterocycles. The molecule has 6 nitrogen and oxygen atoms in total. The first-order valence-electron chi connectivity index (χ1n) is 8.59. The second-order valence-corrected chi connectivity index (χ2v) is 8.42. The molecule has 0 atom stereocenters. The fraction of sp³-hybridized carbons (Fsp3) is 0.263. The number of hydrogen-bond acceptors (Lipinski definition) is 4. The summed E-state index contributed by atoms with van der Waals surface area (Å²) in [4.78, 5) is 21.2. The lowest BCUT2D eigenvalue weighted by Gasteiger charge is -2.15. The molecule has 0 unspecified atom stereocenters. The van der Waals surface area contributed by atoms with Crippen LogP contribution in [0, 0.1) is 0 Å². The summed E-state index contributed by atoms with van der Waals surface area (Å²) in [5, 5.41) is -0.0316. The lowest BCUT2D eigenvalue weighted by Crippen LogP contribution is -2.27. The quantitative estimate of drug-likeness (QED) is 0.766. The van der Waals surface area contributed by atoms with E-state index in [1.54, 1.807) is 36.4 Å². The summed E-state index contributed by atoms with van der Waals surface area (Å²) >= 11 is 0. The van der Waals surface area contributed by atoms with Gasteiger partial charge in [0.2, 0.25) is 15.0 Å². The molecule has 1 aliphatic rings. The van der Waals surface area contributed by atoms with E-state index in [9.17, 15) is 13.2 Å². The summed E-state index contributed by atoms with van der Waals surface area (Å²) in [5.41, 5.74) is 2.54. The smallest absolute Gasteiger partial charge is 0.253 e. The number of imidazole rings is 1. The molecular formula is C19H19N3O3S. The number of sulfone groups is 1. The summed E-state index contributed by atoms with van der Waals surface area (Å²) in [6.07, 6.45) is 2.08. The number of para-hydroxylation sites is 2. The molecular weight excluding hydrogens is 350 g/mol. The van der Waals surface area contributed by atoms with Gasteiger partial charge in [0.15, 0.2) is 0 Å². The molecule has 0 aliphatic carbocycles. The van der Waals surface area contributed by atoms with Gasteiger partial charge in [-0.15, -0.1) is 0 Å². The van der Waals surface area contributed by atoms with Gasteiger partial charge in [-0.25, -0.2) is 13.4 Å². The topological polar surface area (TPSA) is 83.1 Å². The van der Waals surface area contributed by atoms with Crippen LogP contribution in [0.25, 0.3) is 11.0 Å². The standard InChI is InChI=1S/C19H19N3O3S/c23-18(22-11-3-4-12-22)15-9-7-14(8-10-15)13-26(24,25)19-20-16-5-1-2-6-17(16)21-19/h1-2,5-10H,3-4,11-13H2,(H,20,21). The normalized spacial score (nSPS) is 14.8. The third-order valence-corrected chi connectivity index (χ3v) is 6.11. The van der Waals surface area contributed by atoms with E-state index in [-0.39, 0.29) is 16.8 Å². The molecule has 2 heterocycles. The number of likely N-dealkylation sites (tertiary alicyclic amines) is 1. The lowest BCUT2D eigenvalue weighted by molar-refractivity contribution is 0.0793. The first-order chi connectivity index (χ1) is 12.5. The van der Waals surface area contributed by atoms with Crippen molar-refractivity contribution >= 4 is 26.8 Å². The van der Waals surface area contributed by atoms with Crippen molar-refractivity contribution in [3.8, 4) is 0 Å². The van der Waals surface area contributed by atoms with Gasteiger partial charge in [0.05, 0.1) is 16.8 Å². The van der Waals surface area contributed by atoms with Crippen molar-refractivity contribution < 1.29 is 13.2 Å². The summed E-state index contributed by atoms with van der Waals surface area (Å²) in [7, 11) is -3.59. The number of carbonyl (C=O) groups excluding carboxylic acids is 1. The Morgan fingerprint density at radius 2 is 1.73 bits per heavy atom. The van der Waals surface area contributed by atoms with Crippen molar-refractivity contribution in [1.82, 2.24) is 14.9 Å². The molecule has 7 heteroatoms. The number of aromatic nitrogens is 2. The lowest BCUT2D eigenvalue weighted by atomic mass is 10.1. The fourth-order valence-electron chi connectivity index (χ4n) is 3.21. The molecule has 0 radical (unpaired) electrons. The Morgan fingerprint density at radius 3 is 2.42 bits per heavy atom. The Labute approximate surface area is 151 Å². The second kappa shape index (κ2) is 6.57. The van der Waals surface area contributed by atoms with E-state index in [0.29, 0.717) is 22.2 Å². The molecule has 1 amide bonds. The van der Waals surface area contributed by atoms with Gasteiger partial charge in [0.25, 0.3) is 5.91 Å². The van der Waals surface area contributed by atoms with Gasteiger partial charge < -0.3 is 9.88 Å². The molecule has 1 saturated heterocycles. The minimum absolute atomic E-state index is 0.00851. The molecule has 1 N–H and O–H groups in total. The average molecular weight is 369 g/mol. The molecule has 26 heavy (non-hydrogen) atoms. The Bertz CT molecular complexity index is 1020. The van der Waals surface area contributed by atoms with Crippen LogP contribution in [0.3, 0.4) is 0 Å². The molecule has 0 bridgehead atoms. The maximum Gasteiger partial charge on any atom is 0.253 e. The van der Waals surface area contributed by atoms with Crippen LogP contribution in [-0.2, 0) is 15.6 Å². The van der Waals surface area contributed by atoms with Gasteiger partial charge in [0, 0.05) is 18.7 Å². The van der Waals surface area contributed by atoms with Gasteiger partial charge in [-0.1, -0.05) is 24.3 Å². The van der Waals surface area contributed by atoms with Gasteiger partial charge >= 0.3 is 0 Å². The van der Waals surface area contributed by atoms with Crippen LogP contribution in [-0.4, -0.2) is 42.3 Å². The summed E-state index contributed by atoms with van der Waals surface area (Å²) in [6.45, 7) is 1.59. The summed E-state index contributed by atoms with van der Waals surface area (Å²) < 4.78 is 25.3. The molecule has 0 saturated carbocycles. The average Bonchev–Trinajstić information content (AvgIpc) is 3.31. The minimum atomic E-state index is -3.59. The zero-order valence-electron chi connectivity index (χ0n) is 14.2. The highest BCUT2D eigenvalue weighted by Gasteiger charge is 2.22. The van der Waals surface area contributed by atoms with Crippen molar-refractivity contribution in [3.63, 3.8) is 0 Å². The Hall–Kier alpha value is -2.67. The number of carbonyl (C=O) groups is 1. The monoisotopic (exact) mass is 369 g/mol. The van der Waals surface area contributed by atoms with Crippen LogP contribution in [0.5, 0.6) is 0 Å². The zero-order chi connectivity index (χ0) is 18.1. The van der Waals surface area contributed by atoms with E-state index >= 15 is 0 Å². The summed E-state index contributed by atoms with van der Waals surface area (Å²) in [6, 6.07) is 14.0. The minimum Gasteiger partial charge on any atom is -0.339 e. The predicted molar refractivity (Wildman–Crippen MR) is 98.6 cm³/mol. The molecule has 1 aliphatic heterocycles. The van der Waals surface area contributed by atoms with Crippen LogP contribution in [0.4, 0.5) is 0 Å². The molecule has 134 valence electrons. The number of benzene rings is 2. The first-order valence-corrected chi connectivity index (χ1v) is 10.2. The number of rotatable bonds is 4. The van der Waals surface area contributed by atoms with Gasteiger partial charge in [-0.2, -0.15) is 0 Å². The Morgan fingerprint density at radius 1 is 1.04 bits per heavy atom. The van der Waals surface area contributed by atoms with Crippen LogP contribution < -0.4 is 0 Å². The largest absolute Gasteiger partial charge is 0.339 e. The van der Waals surface area contributed by atoms with Gasteiger partial charge in [0.1, 0.15) is 0 Å². The molecule has 3 aromatic rings. The Kier molecular flexibility index (Phi) is 4.24. The van der Waals surface area contributed by atoms with Crippen molar-refractivity contribution in [2.75, 3.05) is 13.1 Å². The third kappa shape index (κ3) is 3.22. The van der Waals surface area contributed by atoms with Crippen molar-refractivity contribution in [1.29, 1.82) is 0 Å². The SMILES string of the molecule is O=C(c1ccc(CS(=O)(=O)c2nc3ccccc3[nH]2)cc1)N1CCCC1. The van der Waals surface area contributed by atoms with E-state index in [0.717, 1.165) is 25.9 Å². The van der Waals surface area contributed by atoms with Crippen molar-refractivity contribution in [2.24, 2.45) is 0 Å². The zero-order valence-corrected chi connectivity index (χ0v) is 15.0. The van der Waals surface area contributed by atoms with Gasteiger partial charge in [-0.3, -0.25) is 4.79 Å². The number of hydrogen-bond donors (Lipinski definition) is 1. The van der Waals surface area contributed by atoms with Crippen molar-refractivity contribution in [3.05, 3.63) is 59.7 Å². The number of amides is 1. The summed E-state index contributed by atoms with van der Waals surface area (Å²) in [5.74, 6) is -0.153. The van der Waals surface area contributed by atoms with E-state index in [4.69, 9.17) is 0 Å².